The number of hydrogen-bond acceptors (Lipinski definition) is 5. The van der Waals surface area contributed by atoms with Gasteiger partial charge in [0.05, 0.1) is 16.6 Å². The predicted molar refractivity (Wildman–Crippen MR) is 74.7 cm³/mol. The first-order valence-corrected chi connectivity index (χ1v) is 7.66. The zero-order chi connectivity index (χ0) is 17.0. The average Bonchev–Trinajstić information content (AvgIpc) is 2.48. The number of alkyl halides is 2. The molecule has 2 aromatic rings. The lowest BCUT2D eigenvalue weighted by Gasteiger charge is -2.13. The average molecular weight is 342 g/mol. The first-order valence-electron chi connectivity index (χ1n) is 6.17. The maximum Gasteiger partial charge on any atom is 0.387 e. The van der Waals surface area contributed by atoms with Crippen molar-refractivity contribution < 1.29 is 31.8 Å². The third-order valence-corrected chi connectivity index (χ3v) is 4.09. The van der Waals surface area contributed by atoms with Gasteiger partial charge in [-0.3, -0.25) is 4.72 Å². The second-order valence-corrected chi connectivity index (χ2v) is 5.98. The highest BCUT2D eigenvalue weighted by Crippen LogP contribution is 2.28. The van der Waals surface area contributed by atoms with Crippen LogP contribution in [0.25, 0.3) is 0 Å². The van der Waals surface area contributed by atoms with Crippen LogP contribution in [0.1, 0.15) is 10.4 Å². The van der Waals surface area contributed by atoms with Crippen LogP contribution in [0.2, 0.25) is 0 Å². The number of carboxylic acid groups (broad SMARTS) is 1. The topological polar surface area (TPSA) is 95.5 Å². The molecule has 0 aliphatic heterocycles. The monoisotopic (exact) mass is 342 g/mol. The minimum Gasteiger partial charge on any atom is -0.545 e. The van der Waals surface area contributed by atoms with Gasteiger partial charge >= 0.3 is 6.61 Å². The van der Waals surface area contributed by atoms with Crippen molar-refractivity contribution in [3.8, 4) is 5.75 Å². The first-order chi connectivity index (χ1) is 10.8. The van der Waals surface area contributed by atoms with E-state index in [9.17, 15) is 27.1 Å². The van der Waals surface area contributed by atoms with Crippen LogP contribution in [-0.2, 0) is 10.0 Å². The van der Waals surface area contributed by atoms with Crippen LogP contribution in [0, 0.1) is 0 Å². The molecule has 2 aromatic carbocycles. The molecule has 122 valence electrons. The zero-order valence-corrected chi connectivity index (χ0v) is 12.2. The standard InChI is InChI=1S/C14H11F2NO5S/c15-14(16)22-12-7-2-1-6-11(12)17-23(20,21)10-5-3-4-9(8-10)13(18)19/h1-8,14,17H,(H,18,19)/p-1. The molecule has 9 heteroatoms. The van der Waals surface area contributed by atoms with Gasteiger partial charge in [-0.1, -0.05) is 24.3 Å². The molecule has 0 saturated heterocycles. The fraction of sp³-hybridized carbons (Fsp3) is 0.0714. The van der Waals surface area contributed by atoms with E-state index in [4.69, 9.17) is 0 Å². The van der Waals surface area contributed by atoms with Crippen LogP contribution in [-0.4, -0.2) is 21.0 Å². The highest BCUT2D eigenvalue weighted by atomic mass is 32.2. The third kappa shape index (κ3) is 4.16. The van der Waals surface area contributed by atoms with Crippen molar-refractivity contribution in [2.75, 3.05) is 4.72 Å². The maximum atomic E-state index is 12.3. The SMILES string of the molecule is O=C([O-])c1cccc(S(=O)(=O)Nc2ccccc2OC(F)F)c1. The number of rotatable bonds is 6. The second-order valence-electron chi connectivity index (χ2n) is 4.30. The third-order valence-electron chi connectivity index (χ3n) is 2.73. The molecule has 0 saturated carbocycles. The number of aromatic carboxylic acids is 1. The summed E-state index contributed by atoms with van der Waals surface area (Å²) in [5.74, 6) is -1.90. The summed E-state index contributed by atoms with van der Waals surface area (Å²) >= 11 is 0. The van der Waals surface area contributed by atoms with Crippen LogP contribution >= 0.6 is 0 Å². The fourth-order valence-electron chi connectivity index (χ4n) is 1.74. The smallest absolute Gasteiger partial charge is 0.387 e. The van der Waals surface area contributed by atoms with E-state index in [2.05, 4.69) is 9.46 Å². The van der Waals surface area contributed by atoms with E-state index in [1.807, 2.05) is 0 Å². The van der Waals surface area contributed by atoms with Crippen molar-refractivity contribution in [2.45, 2.75) is 11.5 Å². The summed E-state index contributed by atoms with van der Waals surface area (Å²) in [6.45, 7) is -3.12. The summed E-state index contributed by atoms with van der Waals surface area (Å²) in [7, 11) is -4.19. The molecule has 0 aliphatic rings. The molecule has 0 bridgehead atoms. The Hall–Kier alpha value is -2.68. The molecule has 6 nitrogen and oxygen atoms in total. The predicted octanol–water partition coefficient (Wildman–Crippen LogP) is 1.45. The minimum atomic E-state index is -4.19. The molecule has 0 atom stereocenters. The Kier molecular flexibility index (Phi) is 4.80. The number of nitrogens with one attached hydrogen (secondary N) is 1. The Morgan fingerprint density at radius 1 is 1.13 bits per heavy atom. The van der Waals surface area contributed by atoms with Gasteiger partial charge in [0.2, 0.25) is 0 Å². The van der Waals surface area contributed by atoms with Crippen molar-refractivity contribution in [1.82, 2.24) is 0 Å². The molecule has 0 radical (unpaired) electrons. The number of ether oxygens (including phenoxy) is 1. The molecular formula is C14H10F2NO5S-. The van der Waals surface area contributed by atoms with Gasteiger partial charge in [-0.05, 0) is 29.8 Å². The Balaban J connectivity index is 2.36. The molecular weight excluding hydrogens is 332 g/mol. The van der Waals surface area contributed by atoms with Gasteiger partial charge in [0.15, 0.2) is 0 Å². The van der Waals surface area contributed by atoms with Gasteiger partial charge in [0.25, 0.3) is 10.0 Å². The molecule has 0 spiro atoms. The number of carbonyl (C=O) groups is 1. The normalized spacial score (nSPS) is 11.3. The van der Waals surface area contributed by atoms with Crippen molar-refractivity contribution in [1.29, 1.82) is 0 Å². The highest BCUT2D eigenvalue weighted by Gasteiger charge is 2.18. The van der Waals surface area contributed by atoms with Crippen LogP contribution in [0.5, 0.6) is 5.75 Å². The highest BCUT2D eigenvalue weighted by molar-refractivity contribution is 7.92. The lowest BCUT2D eigenvalue weighted by atomic mass is 10.2. The van der Waals surface area contributed by atoms with E-state index in [-0.39, 0.29) is 21.9 Å². The summed E-state index contributed by atoms with van der Waals surface area (Å²) in [6, 6.07) is 9.67. The summed E-state index contributed by atoms with van der Waals surface area (Å²) in [5.41, 5.74) is -0.531. The number of carboxylic acids is 1. The Morgan fingerprint density at radius 3 is 2.48 bits per heavy atom. The number of para-hydroxylation sites is 2. The molecule has 23 heavy (non-hydrogen) atoms. The molecule has 0 amide bonds. The molecule has 0 unspecified atom stereocenters. The number of halogens is 2. The lowest BCUT2D eigenvalue weighted by Crippen LogP contribution is -2.23. The molecule has 0 fully saturated rings. The zero-order valence-electron chi connectivity index (χ0n) is 11.4. The summed E-state index contributed by atoms with van der Waals surface area (Å²) in [4.78, 5) is 10.4. The van der Waals surface area contributed by atoms with E-state index in [1.54, 1.807) is 0 Å². The Bertz CT molecular complexity index is 823. The van der Waals surface area contributed by atoms with Gasteiger partial charge in [-0.15, -0.1) is 0 Å². The second kappa shape index (κ2) is 6.61. The molecule has 0 heterocycles. The number of benzene rings is 2. The van der Waals surface area contributed by atoms with Crippen LogP contribution in [0.15, 0.2) is 53.4 Å². The van der Waals surface area contributed by atoms with Crippen LogP contribution < -0.4 is 14.6 Å². The van der Waals surface area contributed by atoms with E-state index >= 15 is 0 Å². The quantitative estimate of drug-likeness (QED) is 0.857. The van der Waals surface area contributed by atoms with E-state index in [0.29, 0.717) is 0 Å². The van der Waals surface area contributed by atoms with Crippen LogP contribution in [0.3, 0.4) is 0 Å². The molecule has 0 aliphatic carbocycles. The van der Waals surface area contributed by atoms with Crippen molar-refractivity contribution >= 4 is 21.7 Å². The number of sulfonamides is 1. The van der Waals surface area contributed by atoms with E-state index < -0.39 is 22.6 Å². The lowest BCUT2D eigenvalue weighted by molar-refractivity contribution is -0.255. The fourth-order valence-corrected chi connectivity index (χ4v) is 2.86. The van der Waals surface area contributed by atoms with Crippen molar-refractivity contribution in [2.24, 2.45) is 0 Å². The molecule has 0 aromatic heterocycles. The minimum absolute atomic E-state index is 0.202. The van der Waals surface area contributed by atoms with Gasteiger partial charge < -0.3 is 14.6 Å². The molecule has 1 N–H and O–H groups in total. The van der Waals surface area contributed by atoms with Gasteiger partial charge in [-0.25, -0.2) is 8.42 Å². The summed E-state index contributed by atoms with van der Waals surface area (Å²) < 4.78 is 55.4. The van der Waals surface area contributed by atoms with Crippen molar-refractivity contribution in [3.63, 3.8) is 0 Å². The molecule has 2 rings (SSSR count). The maximum absolute atomic E-state index is 12.3. The Morgan fingerprint density at radius 2 is 1.83 bits per heavy atom. The van der Waals surface area contributed by atoms with Crippen LogP contribution in [0.4, 0.5) is 14.5 Å². The summed E-state index contributed by atoms with van der Waals surface area (Å²) in [5, 5.41) is 10.8. The van der Waals surface area contributed by atoms with E-state index in [1.165, 1.54) is 36.4 Å². The van der Waals surface area contributed by atoms with Gasteiger partial charge in [-0.2, -0.15) is 8.78 Å². The first kappa shape index (κ1) is 16.7. The van der Waals surface area contributed by atoms with Gasteiger partial charge in [0, 0.05) is 0 Å². The Labute approximate surface area is 130 Å². The number of anilines is 1. The van der Waals surface area contributed by atoms with Gasteiger partial charge in [0.1, 0.15) is 5.75 Å². The number of carbonyl (C=O) groups excluding carboxylic acids is 1. The number of hydrogen-bond donors (Lipinski definition) is 1. The summed E-state index contributed by atoms with van der Waals surface area (Å²) in [6.07, 6.45) is 0. The van der Waals surface area contributed by atoms with Crippen molar-refractivity contribution in [3.05, 3.63) is 54.1 Å². The largest absolute Gasteiger partial charge is 0.545 e. The van der Waals surface area contributed by atoms with E-state index in [0.717, 1.165) is 12.1 Å².